The van der Waals surface area contributed by atoms with Crippen LogP contribution in [0.25, 0.3) is 5.57 Å². The molecule has 0 radical (unpaired) electrons. The van der Waals surface area contributed by atoms with E-state index in [0.717, 1.165) is 0 Å². The first-order valence-corrected chi connectivity index (χ1v) is 4.64. The van der Waals surface area contributed by atoms with Gasteiger partial charge in [-0.05, 0) is 23.6 Å². The third-order valence-corrected chi connectivity index (χ3v) is 2.25. The van der Waals surface area contributed by atoms with Gasteiger partial charge in [-0.3, -0.25) is 4.79 Å². The Morgan fingerprint density at radius 1 is 1.24 bits per heavy atom. The number of carboxylic acid groups (broad SMARTS) is 1. The second kappa shape index (κ2) is 4.02. The molecule has 0 bridgehead atoms. The number of carbonyl (C=O) groups excluding carboxylic acids is 1. The Morgan fingerprint density at radius 2 is 1.88 bits per heavy atom. The molecule has 1 amide bonds. The van der Waals surface area contributed by atoms with Crippen LogP contribution in [0.2, 0.25) is 0 Å². The highest BCUT2D eigenvalue weighted by Gasteiger charge is 2.22. The predicted molar refractivity (Wildman–Crippen MR) is 59.0 cm³/mol. The number of azo groups is 1. The van der Waals surface area contributed by atoms with Gasteiger partial charge in [-0.15, -0.1) is 16.7 Å². The average molecular weight is 226 g/mol. The van der Waals surface area contributed by atoms with E-state index in [2.05, 4.69) is 16.1 Å². The third kappa shape index (κ3) is 1.84. The predicted octanol–water partition coefficient (Wildman–Crippen LogP) is 1.72. The molecule has 2 rings (SSSR count). The maximum atomic E-state index is 11.4. The Bertz CT molecular complexity index is 604. The fraction of sp³-hybridized carbons (Fsp3) is 0. The van der Waals surface area contributed by atoms with Crippen LogP contribution < -0.4 is 0 Å². The number of carbonyl (C=O) groups is 2. The van der Waals surface area contributed by atoms with Gasteiger partial charge >= 0.3 is 5.97 Å². The molecule has 1 N–H and O–H groups in total. The summed E-state index contributed by atoms with van der Waals surface area (Å²) in [6.07, 6.45) is 5.19. The highest BCUT2D eigenvalue weighted by Crippen LogP contribution is 2.26. The molecule has 1 aromatic rings. The minimum atomic E-state index is -1.03. The standard InChI is InChI=1S/C12H6N2O3/c1-2-9-10(11(15)14-13-9)7-3-5-8(6-4-7)12(16)17/h1,3-6H,(H,16,17). The molecule has 1 heterocycles. The van der Waals surface area contributed by atoms with E-state index in [0.29, 0.717) is 5.56 Å². The first kappa shape index (κ1) is 10.8. The van der Waals surface area contributed by atoms with Gasteiger partial charge in [-0.1, -0.05) is 12.1 Å². The number of hydrogen-bond donors (Lipinski definition) is 1. The lowest BCUT2D eigenvalue weighted by Gasteiger charge is -2.00. The first-order valence-electron chi connectivity index (χ1n) is 4.64. The van der Waals surface area contributed by atoms with Crippen LogP contribution in [-0.2, 0) is 4.79 Å². The smallest absolute Gasteiger partial charge is 0.335 e. The molecule has 5 heteroatoms. The van der Waals surface area contributed by atoms with Crippen molar-refractivity contribution in [2.24, 2.45) is 10.2 Å². The van der Waals surface area contributed by atoms with E-state index in [-0.39, 0.29) is 16.8 Å². The van der Waals surface area contributed by atoms with Crippen LogP contribution in [0.1, 0.15) is 15.9 Å². The Balaban J connectivity index is 2.46. The number of rotatable bonds is 2. The van der Waals surface area contributed by atoms with Crippen LogP contribution in [0.3, 0.4) is 0 Å². The lowest BCUT2D eigenvalue weighted by Crippen LogP contribution is -1.99. The van der Waals surface area contributed by atoms with Gasteiger partial charge in [-0.25, -0.2) is 4.79 Å². The monoisotopic (exact) mass is 226 g/mol. The molecule has 1 aliphatic rings. The molecule has 1 aromatic carbocycles. The molecule has 1 aliphatic heterocycles. The zero-order chi connectivity index (χ0) is 12.4. The van der Waals surface area contributed by atoms with Crippen LogP contribution in [0.5, 0.6) is 0 Å². The number of benzene rings is 1. The number of terminal acetylenes is 1. The molecular weight excluding hydrogens is 220 g/mol. The quantitative estimate of drug-likeness (QED) is 0.779. The lowest BCUT2D eigenvalue weighted by atomic mass is 10.0. The van der Waals surface area contributed by atoms with Crippen molar-refractivity contribution in [2.45, 2.75) is 0 Å². The number of aromatic carboxylic acids is 1. The summed E-state index contributed by atoms with van der Waals surface area (Å²) in [4.78, 5) is 22.1. The molecule has 82 valence electrons. The summed E-state index contributed by atoms with van der Waals surface area (Å²) in [5, 5.41) is 15.7. The number of allylic oxidation sites excluding steroid dienone is 1. The molecule has 0 fully saturated rings. The Labute approximate surface area is 96.5 Å². The average Bonchev–Trinajstić information content (AvgIpc) is 2.70. The van der Waals surface area contributed by atoms with E-state index in [9.17, 15) is 9.59 Å². The van der Waals surface area contributed by atoms with Crippen LogP contribution in [0.4, 0.5) is 0 Å². The molecule has 0 aromatic heterocycles. The Morgan fingerprint density at radius 3 is 2.41 bits per heavy atom. The fourth-order valence-corrected chi connectivity index (χ4v) is 1.44. The summed E-state index contributed by atoms with van der Waals surface area (Å²) in [6.45, 7) is 0. The Kier molecular flexibility index (Phi) is 2.55. The molecule has 5 nitrogen and oxygen atoms in total. The van der Waals surface area contributed by atoms with Crippen molar-refractivity contribution in [3.8, 4) is 12.3 Å². The number of amides is 1. The second-order valence-electron chi connectivity index (χ2n) is 3.26. The minimum absolute atomic E-state index is 0.135. The summed E-state index contributed by atoms with van der Waals surface area (Å²) in [5.74, 6) is 0.717. The topological polar surface area (TPSA) is 79.1 Å². The van der Waals surface area contributed by atoms with Crippen molar-refractivity contribution < 1.29 is 14.7 Å². The SMILES string of the molecule is C#CC1=C(c2ccc(C(=O)O)cc2)C(=O)N=N1. The Hall–Kier alpha value is -2.74. The number of nitrogens with zero attached hydrogens (tertiary/aromatic N) is 2. The van der Waals surface area contributed by atoms with Gasteiger partial charge in [0.2, 0.25) is 0 Å². The zero-order valence-corrected chi connectivity index (χ0v) is 8.54. The molecule has 0 saturated carbocycles. The van der Waals surface area contributed by atoms with E-state index in [1.165, 1.54) is 24.3 Å². The molecular formula is C12H6N2O3. The molecule has 0 spiro atoms. The van der Waals surface area contributed by atoms with Gasteiger partial charge < -0.3 is 5.11 Å². The third-order valence-electron chi connectivity index (χ3n) is 2.25. The summed E-state index contributed by atoms with van der Waals surface area (Å²) in [5.41, 5.74) is 1.04. The second-order valence-corrected chi connectivity index (χ2v) is 3.26. The van der Waals surface area contributed by atoms with Crippen LogP contribution >= 0.6 is 0 Å². The van der Waals surface area contributed by atoms with Gasteiger partial charge in [0.05, 0.1) is 11.1 Å². The largest absolute Gasteiger partial charge is 0.478 e. The van der Waals surface area contributed by atoms with Crippen molar-refractivity contribution in [1.82, 2.24) is 0 Å². The minimum Gasteiger partial charge on any atom is -0.478 e. The van der Waals surface area contributed by atoms with Crippen molar-refractivity contribution in [2.75, 3.05) is 0 Å². The van der Waals surface area contributed by atoms with Crippen LogP contribution in [0.15, 0.2) is 40.2 Å². The molecule has 0 atom stereocenters. The van der Waals surface area contributed by atoms with Crippen molar-refractivity contribution in [3.63, 3.8) is 0 Å². The number of carboxylic acids is 1. The normalized spacial score (nSPS) is 13.9. The maximum absolute atomic E-state index is 11.4. The summed E-state index contributed by atoms with van der Waals surface area (Å²) < 4.78 is 0. The summed E-state index contributed by atoms with van der Waals surface area (Å²) in [6, 6.07) is 5.80. The first-order chi connectivity index (χ1) is 8.13. The number of hydrogen-bond acceptors (Lipinski definition) is 3. The molecule has 0 aliphatic carbocycles. The van der Waals surface area contributed by atoms with E-state index in [1.54, 1.807) is 0 Å². The van der Waals surface area contributed by atoms with Gasteiger partial charge in [0.1, 0.15) is 5.70 Å². The van der Waals surface area contributed by atoms with Crippen molar-refractivity contribution in [1.29, 1.82) is 0 Å². The zero-order valence-electron chi connectivity index (χ0n) is 8.54. The summed E-state index contributed by atoms with van der Waals surface area (Å²) in [7, 11) is 0. The summed E-state index contributed by atoms with van der Waals surface area (Å²) >= 11 is 0. The van der Waals surface area contributed by atoms with Gasteiger partial charge in [0.15, 0.2) is 0 Å². The molecule has 0 saturated heterocycles. The highest BCUT2D eigenvalue weighted by atomic mass is 16.4. The van der Waals surface area contributed by atoms with E-state index in [4.69, 9.17) is 11.5 Å². The fourth-order valence-electron chi connectivity index (χ4n) is 1.44. The van der Waals surface area contributed by atoms with Gasteiger partial charge in [-0.2, -0.15) is 0 Å². The molecule has 17 heavy (non-hydrogen) atoms. The highest BCUT2D eigenvalue weighted by molar-refractivity contribution is 6.22. The van der Waals surface area contributed by atoms with Crippen molar-refractivity contribution in [3.05, 3.63) is 41.1 Å². The maximum Gasteiger partial charge on any atom is 0.335 e. The molecule has 0 unspecified atom stereocenters. The van der Waals surface area contributed by atoms with Crippen LogP contribution in [-0.4, -0.2) is 17.0 Å². The van der Waals surface area contributed by atoms with Gasteiger partial charge in [0, 0.05) is 0 Å². The van der Waals surface area contributed by atoms with Gasteiger partial charge in [0.25, 0.3) is 5.91 Å². The van der Waals surface area contributed by atoms with Crippen molar-refractivity contribution >= 4 is 17.4 Å². The van der Waals surface area contributed by atoms with E-state index >= 15 is 0 Å². The van der Waals surface area contributed by atoms with Crippen LogP contribution in [0, 0.1) is 12.3 Å². The van der Waals surface area contributed by atoms with E-state index < -0.39 is 11.9 Å². The lowest BCUT2D eigenvalue weighted by molar-refractivity contribution is -0.112. The van der Waals surface area contributed by atoms with E-state index in [1.807, 2.05) is 0 Å².